The minimum atomic E-state index is -4.35. The molecular formula is C14H14BrF3N2S. The van der Waals surface area contributed by atoms with Gasteiger partial charge in [-0.25, -0.2) is 0 Å². The Labute approximate surface area is 133 Å². The van der Waals surface area contributed by atoms with Crippen molar-refractivity contribution >= 4 is 27.3 Å². The molecule has 0 aliphatic rings. The van der Waals surface area contributed by atoms with Crippen molar-refractivity contribution in [3.8, 4) is 0 Å². The van der Waals surface area contributed by atoms with E-state index in [1.165, 1.54) is 6.07 Å². The zero-order valence-corrected chi connectivity index (χ0v) is 13.6. The van der Waals surface area contributed by atoms with Crippen molar-refractivity contribution in [2.75, 3.05) is 6.54 Å². The van der Waals surface area contributed by atoms with Crippen molar-refractivity contribution in [2.24, 2.45) is 0 Å². The first-order valence-electron chi connectivity index (χ1n) is 6.40. The molecule has 2 nitrogen and oxygen atoms in total. The van der Waals surface area contributed by atoms with Gasteiger partial charge in [0, 0.05) is 22.0 Å². The molecule has 0 radical (unpaired) electrons. The van der Waals surface area contributed by atoms with E-state index in [4.69, 9.17) is 0 Å². The summed E-state index contributed by atoms with van der Waals surface area (Å²) >= 11 is 5.08. The lowest BCUT2D eigenvalue weighted by molar-refractivity contribution is -0.137. The molecule has 0 spiro atoms. The molecule has 0 bridgehead atoms. The second kappa shape index (κ2) is 6.89. The fourth-order valence-corrected chi connectivity index (χ4v) is 3.52. The number of pyridine rings is 1. The van der Waals surface area contributed by atoms with Gasteiger partial charge < -0.3 is 5.32 Å². The largest absolute Gasteiger partial charge is 0.417 e. The van der Waals surface area contributed by atoms with Gasteiger partial charge in [-0.3, -0.25) is 4.98 Å². The van der Waals surface area contributed by atoms with E-state index in [9.17, 15) is 13.2 Å². The summed E-state index contributed by atoms with van der Waals surface area (Å²) in [6, 6.07) is 4.38. The fraction of sp³-hybridized carbons (Fsp3) is 0.357. The van der Waals surface area contributed by atoms with Crippen LogP contribution >= 0.6 is 27.3 Å². The van der Waals surface area contributed by atoms with E-state index in [2.05, 4.69) is 26.2 Å². The summed E-state index contributed by atoms with van der Waals surface area (Å²) in [6.45, 7) is 2.68. The molecule has 2 aromatic heterocycles. The van der Waals surface area contributed by atoms with E-state index in [-0.39, 0.29) is 6.04 Å². The van der Waals surface area contributed by atoms with Crippen molar-refractivity contribution in [1.29, 1.82) is 0 Å². The lowest BCUT2D eigenvalue weighted by Gasteiger charge is -2.17. The highest BCUT2D eigenvalue weighted by molar-refractivity contribution is 9.10. The highest BCUT2D eigenvalue weighted by Gasteiger charge is 2.31. The third kappa shape index (κ3) is 4.28. The molecule has 1 N–H and O–H groups in total. The number of nitrogens with one attached hydrogen (secondary N) is 1. The Morgan fingerprint density at radius 1 is 1.33 bits per heavy atom. The topological polar surface area (TPSA) is 24.9 Å². The molecule has 114 valence electrons. The summed E-state index contributed by atoms with van der Waals surface area (Å²) < 4.78 is 38.7. The Bertz CT molecular complexity index is 581. The minimum absolute atomic E-state index is 0.104. The smallest absolute Gasteiger partial charge is 0.309 e. The highest BCUT2D eigenvalue weighted by Crippen LogP contribution is 2.31. The van der Waals surface area contributed by atoms with Crippen molar-refractivity contribution in [2.45, 2.75) is 25.6 Å². The molecule has 1 atom stereocenters. The molecule has 0 saturated heterocycles. The van der Waals surface area contributed by atoms with Crippen molar-refractivity contribution in [1.82, 2.24) is 10.3 Å². The predicted octanol–water partition coefficient (Wildman–Crippen LogP) is 4.82. The summed E-state index contributed by atoms with van der Waals surface area (Å²) in [7, 11) is 0. The van der Waals surface area contributed by atoms with Crippen LogP contribution in [0.2, 0.25) is 0 Å². The second-order valence-corrected chi connectivity index (χ2v) is 6.33. The number of thiophene rings is 1. The summed E-state index contributed by atoms with van der Waals surface area (Å²) in [5, 5.41) is 5.24. The average molecular weight is 379 g/mol. The third-order valence-electron chi connectivity index (χ3n) is 3.00. The monoisotopic (exact) mass is 378 g/mol. The third-order valence-corrected chi connectivity index (χ3v) is 4.95. The van der Waals surface area contributed by atoms with Gasteiger partial charge in [-0.2, -0.15) is 13.2 Å². The number of nitrogens with zero attached hydrogens (tertiary/aromatic N) is 1. The number of hydrogen-bond acceptors (Lipinski definition) is 3. The maximum atomic E-state index is 12.6. The van der Waals surface area contributed by atoms with E-state index in [0.717, 1.165) is 28.2 Å². The van der Waals surface area contributed by atoms with E-state index in [0.29, 0.717) is 12.1 Å². The zero-order chi connectivity index (χ0) is 15.5. The van der Waals surface area contributed by atoms with Crippen LogP contribution in [0.3, 0.4) is 0 Å². The van der Waals surface area contributed by atoms with Gasteiger partial charge in [0.05, 0.1) is 17.3 Å². The molecule has 2 aromatic rings. The number of likely N-dealkylation sites (N-methyl/N-ethyl adjacent to an activating group) is 1. The lowest BCUT2D eigenvalue weighted by Crippen LogP contribution is -2.24. The quantitative estimate of drug-likeness (QED) is 0.806. The van der Waals surface area contributed by atoms with Crippen LogP contribution in [-0.2, 0) is 12.6 Å². The summed E-state index contributed by atoms with van der Waals surface area (Å²) in [4.78, 5) is 5.12. The first-order valence-corrected chi connectivity index (χ1v) is 8.07. The molecule has 7 heteroatoms. The first kappa shape index (κ1) is 16.5. The highest BCUT2D eigenvalue weighted by atomic mass is 79.9. The maximum absolute atomic E-state index is 12.6. The number of rotatable bonds is 5. The first-order chi connectivity index (χ1) is 9.91. The van der Waals surface area contributed by atoms with Gasteiger partial charge in [-0.05, 0) is 46.1 Å². The van der Waals surface area contributed by atoms with E-state index < -0.39 is 11.7 Å². The van der Waals surface area contributed by atoms with E-state index in [1.807, 2.05) is 18.4 Å². The van der Waals surface area contributed by atoms with Gasteiger partial charge in [0.1, 0.15) is 0 Å². The van der Waals surface area contributed by atoms with Crippen LogP contribution in [0, 0.1) is 0 Å². The number of aromatic nitrogens is 1. The number of hydrogen-bond donors (Lipinski definition) is 1. The Kier molecular flexibility index (Phi) is 5.40. The van der Waals surface area contributed by atoms with Gasteiger partial charge in [0.15, 0.2) is 0 Å². The standard InChI is InChI=1S/C14H14BrF3N2S/c1-2-19-12(7-13-10(15)5-6-21-13)11-4-3-9(8-20-11)14(16,17)18/h3-6,8,12,19H,2,7H2,1H3. The van der Waals surface area contributed by atoms with E-state index in [1.54, 1.807) is 11.3 Å². The molecular weight excluding hydrogens is 365 g/mol. The van der Waals surface area contributed by atoms with Crippen LogP contribution < -0.4 is 5.32 Å². The summed E-state index contributed by atoms with van der Waals surface area (Å²) in [5.41, 5.74) is -0.107. The molecule has 0 fully saturated rings. The molecule has 0 amide bonds. The zero-order valence-electron chi connectivity index (χ0n) is 11.2. The van der Waals surface area contributed by atoms with Crippen molar-refractivity contribution in [3.05, 3.63) is 50.4 Å². The molecule has 2 rings (SSSR count). The molecule has 0 aliphatic heterocycles. The number of alkyl halides is 3. The summed E-state index contributed by atoms with van der Waals surface area (Å²) in [6.07, 6.45) is -2.77. The maximum Gasteiger partial charge on any atom is 0.417 e. The molecule has 0 saturated carbocycles. The van der Waals surface area contributed by atoms with Crippen LogP contribution in [0.25, 0.3) is 0 Å². The number of halogens is 4. The Balaban J connectivity index is 2.20. The Morgan fingerprint density at radius 3 is 2.57 bits per heavy atom. The predicted molar refractivity (Wildman–Crippen MR) is 81.4 cm³/mol. The molecule has 0 aromatic carbocycles. The summed E-state index contributed by atoms with van der Waals surface area (Å²) in [5.74, 6) is 0. The Morgan fingerprint density at radius 2 is 2.10 bits per heavy atom. The van der Waals surface area contributed by atoms with Crippen LogP contribution in [-0.4, -0.2) is 11.5 Å². The molecule has 0 aliphatic carbocycles. The molecule has 21 heavy (non-hydrogen) atoms. The van der Waals surface area contributed by atoms with Crippen molar-refractivity contribution < 1.29 is 13.2 Å². The average Bonchev–Trinajstić information content (AvgIpc) is 2.83. The van der Waals surface area contributed by atoms with Crippen LogP contribution in [0.5, 0.6) is 0 Å². The van der Waals surface area contributed by atoms with Crippen molar-refractivity contribution in [3.63, 3.8) is 0 Å². The van der Waals surface area contributed by atoms with Crippen LogP contribution in [0.15, 0.2) is 34.2 Å². The van der Waals surface area contributed by atoms with Gasteiger partial charge in [0.25, 0.3) is 0 Å². The van der Waals surface area contributed by atoms with Gasteiger partial charge in [0.2, 0.25) is 0 Å². The van der Waals surface area contributed by atoms with Crippen LogP contribution in [0.4, 0.5) is 13.2 Å². The SMILES string of the molecule is CCNC(Cc1sccc1Br)c1ccc(C(F)(F)F)cn1. The minimum Gasteiger partial charge on any atom is -0.309 e. The molecule has 1 unspecified atom stereocenters. The molecule has 2 heterocycles. The van der Waals surface area contributed by atoms with Gasteiger partial charge >= 0.3 is 6.18 Å². The normalized spacial score (nSPS) is 13.4. The Hall–Kier alpha value is -0.920. The lowest BCUT2D eigenvalue weighted by atomic mass is 10.1. The van der Waals surface area contributed by atoms with Gasteiger partial charge in [-0.1, -0.05) is 6.92 Å². The van der Waals surface area contributed by atoms with Crippen LogP contribution in [0.1, 0.15) is 29.1 Å². The fourth-order valence-electron chi connectivity index (χ4n) is 1.96. The van der Waals surface area contributed by atoms with E-state index >= 15 is 0 Å². The second-order valence-electron chi connectivity index (χ2n) is 4.48. The van der Waals surface area contributed by atoms with Gasteiger partial charge in [-0.15, -0.1) is 11.3 Å².